The van der Waals surface area contributed by atoms with E-state index in [-0.39, 0.29) is 24.5 Å². The molecule has 1 saturated heterocycles. The minimum absolute atomic E-state index is 0.0635. The van der Waals surface area contributed by atoms with Gasteiger partial charge in [0.15, 0.2) is 0 Å². The van der Waals surface area contributed by atoms with Crippen molar-refractivity contribution in [3.63, 3.8) is 0 Å². The Balaban J connectivity index is 2.12. The number of halogens is 1. The first-order valence-corrected chi connectivity index (χ1v) is 9.44. The van der Waals surface area contributed by atoms with Gasteiger partial charge in [0.2, 0.25) is 0 Å². The van der Waals surface area contributed by atoms with Gasteiger partial charge in [-0.3, -0.25) is 9.59 Å². The first-order chi connectivity index (χ1) is 13.5. The number of carbonyl (C=O) groups excluding carboxylic acids is 2. The van der Waals surface area contributed by atoms with Crippen molar-refractivity contribution >= 4 is 33.4 Å². The number of hydrogen-bond acceptors (Lipinski definition) is 5. The lowest BCUT2D eigenvalue weighted by Crippen LogP contribution is -2.32. The van der Waals surface area contributed by atoms with Crippen LogP contribution in [0, 0.1) is 0 Å². The minimum Gasteiger partial charge on any atom is -0.507 e. The summed E-state index contributed by atoms with van der Waals surface area (Å²) in [7, 11) is 3.08. The van der Waals surface area contributed by atoms with Gasteiger partial charge in [0.1, 0.15) is 11.5 Å². The molecule has 1 heterocycles. The first kappa shape index (κ1) is 20.1. The molecule has 1 atom stereocenters. The summed E-state index contributed by atoms with van der Waals surface area (Å²) in [5.74, 6) is -0.951. The summed E-state index contributed by atoms with van der Waals surface area (Å²) < 4.78 is 11.1. The van der Waals surface area contributed by atoms with Crippen molar-refractivity contribution in [2.24, 2.45) is 0 Å². The highest BCUT2D eigenvalue weighted by atomic mass is 79.9. The van der Waals surface area contributed by atoms with Crippen molar-refractivity contribution in [3.8, 4) is 5.75 Å². The van der Waals surface area contributed by atoms with Crippen LogP contribution in [-0.4, -0.2) is 49.1 Å². The summed E-state index contributed by atoms with van der Waals surface area (Å²) in [5.41, 5.74) is 1.23. The molecule has 0 spiro atoms. The fraction of sp³-hybridized carbons (Fsp3) is 0.238. The van der Waals surface area contributed by atoms with Gasteiger partial charge in [0.25, 0.3) is 11.7 Å². The molecular formula is C21H20BrNO5. The third-order valence-corrected chi connectivity index (χ3v) is 5.15. The van der Waals surface area contributed by atoms with Crippen molar-refractivity contribution in [1.82, 2.24) is 4.90 Å². The van der Waals surface area contributed by atoms with Gasteiger partial charge in [-0.25, -0.2) is 0 Å². The molecule has 146 valence electrons. The Kier molecular flexibility index (Phi) is 6.16. The number of hydrogen-bond donors (Lipinski definition) is 1. The molecule has 0 saturated carbocycles. The van der Waals surface area contributed by atoms with E-state index in [9.17, 15) is 14.7 Å². The number of amides is 1. The van der Waals surface area contributed by atoms with Gasteiger partial charge in [-0.2, -0.15) is 0 Å². The average molecular weight is 446 g/mol. The van der Waals surface area contributed by atoms with Crippen LogP contribution < -0.4 is 4.74 Å². The average Bonchev–Trinajstić information content (AvgIpc) is 2.97. The zero-order chi connectivity index (χ0) is 20.3. The zero-order valence-corrected chi connectivity index (χ0v) is 17.1. The number of Topliss-reactive ketones (excluding diaryl/α,β-unsaturated/α-hetero) is 1. The van der Waals surface area contributed by atoms with Crippen LogP contribution in [0.1, 0.15) is 17.2 Å². The molecular weight excluding hydrogens is 426 g/mol. The number of nitrogens with zero attached hydrogens (tertiary/aromatic N) is 1. The van der Waals surface area contributed by atoms with Crippen LogP contribution in [-0.2, 0) is 14.3 Å². The number of aliphatic hydroxyl groups excluding tert-OH is 1. The first-order valence-electron chi connectivity index (χ1n) is 8.65. The molecule has 7 heteroatoms. The third kappa shape index (κ3) is 3.81. The number of ketones is 1. The lowest BCUT2D eigenvalue weighted by Gasteiger charge is -2.25. The van der Waals surface area contributed by atoms with E-state index >= 15 is 0 Å². The number of benzene rings is 2. The molecule has 2 aromatic carbocycles. The Bertz CT molecular complexity index is 905. The standard InChI is InChI=1S/C21H20BrNO5/c1-27-12-11-23-18(13-3-7-15(22)8-4-13)17(20(25)21(23)26)19(24)14-5-9-16(28-2)10-6-14/h3-10,18,24H,11-12H2,1-2H3/t18-/m1/s1. The Hall–Kier alpha value is -2.64. The third-order valence-electron chi connectivity index (χ3n) is 4.63. The van der Waals surface area contributed by atoms with Crippen LogP contribution in [0.3, 0.4) is 0 Å². The van der Waals surface area contributed by atoms with Crippen molar-refractivity contribution in [3.05, 3.63) is 69.7 Å². The van der Waals surface area contributed by atoms with E-state index in [4.69, 9.17) is 9.47 Å². The van der Waals surface area contributed by atoms with Crippen LogP contribution in [0.4, 0.5) is 0 Å². The minimum atomic E-state index is -0.711. The van der Waals surface area contributed by atoms with Gasteiger partial charge in [-0.15, -0.1) is 0 Å². The Morgan fingerprint density at radius 1 is 1.07 bits per heavy atom. The molecule has 1 aliphatic rings. The van der Waals surface area contributed by atoms with Crippen LogP contribution in [0.25, 0.3) is 5.76 Å². The van der Waals surface area contributed by atoms with E-state index in [2.05, 4.69) is 15.9 Å². The molecule has 2 aromatic rings. The Morgan fingerprint density at radius 2 is 1.71 bits per heavy atom. The number of rotatable bonds is 6. The summed E-state index contributed by atoms with van der Waals surface area (Å²) in [6.07, 6.45) is 0. The van der Waals surface area contributed by atoms with E-state index in [1.54, 1.807) is 31.4 Å². The van der Waals surface area contributed by atoms with Gasteiger partial charge in [0.05, 0.1) is 25.3 Å². The summed E-state index contributed by atoms with van der Waals surface area (Å²) >= 11 is 3.39. The van der Waals surface area contributed by atoms with Crippen molar-refractivity contribution in [1.29, 1.82) is 0 Å². The van der Waals surface area contributed by atoms with Crippen LogP contribution in [0.5, 0.6) is 5.75 Å². The van der Waals surface area contributed by atoms with E-state index < -0.39 is 17.7 Å². The van der Waals surface area contributed by atoms with E-state index in [0.717, 1.165) is 10.0 Å². The molecule has 3 rings (SSSR count). The predicted molar refractivity (Wildman–Crippen MR) is 108 cm³/mol. The number of ether oxygens (including phenoxy) is 2. The Morgan fingerprint density at radius 3 is 2.29 bits per heavy atom. The van der Waals surface area contributed by atoms with Crippen molar-refractivity contribution < 1.29 is 24.2 Å². The predicted octanol–water partition coefficient (Wildman–Crippen LogP) is 3.53. The topological polar surface area (TPSA) is 76.1 Å². The molecule has 0 unspecified atom stereocenters. The fourth-order valence-corrected chi connectivity index (χ4v) is 3.46. The highest BCUT2D eigenvalue weighted by Gasteiger charge is 2.45. The second-order valence-electron chi connectivity index (χ2n) is 6.27. The van der Waals surface area contributed by atoms with E-state index in [0.29, 0.717) is 11.3 Å². The lowest BCUT2D eigenvalue weighted by molar-refractivity contribution is -0.140. The highest BCUT2D eigenvalue weighted by Crippen LogP contribution is 2.39. The van der Waals surface area contributed by atoms with E-state index in [1.165, 1.54) is 12.0 Å². The Labute approximate surface area is 171 Å². The molecule has 6 nitrogen and oxygen atoms in total. The van der Waals surface area contributed by atoms with Gasteiger partial charge < -0.3 is 19.5 Å². The quantitative estimate of drug-likeness (QED) is 0.418. The summed E-state index contributed by atoms with van der Waals surface area (Å²) in [6.45, 7) is 0.518. The molecule has 0 aliphatic carbocycles. The molecule has 1 N–H and O–H groups in total. The second kappa shape index (κ2) is 8.58. The van der Waals surface area contributed by atoms with Gasteiger partial charge in [-0.05, 0) is 42.0 Å². The largest absolute Gasteiger partial charge is 0.507 e. The molecule has 0 aromatic heterocycles. The number of carbonyl (C=O) groups is 2. The highest BCUT2D eigenvalue weighted by molar-refractivity contribution is 9.10. The zero-order valence-electron chi connectivity index (χ0n) is 15.5. The van der Waals surface area contributed by atoms with Crippen LogP contribution in [0.2, 0.25) is 0 Å². The number of likely N-dealkylation sites (tertiary alicyclic amines) is 1. The fourth-order valence-electron chi connectivity index (χ4n) is 3.20. The van der Waals surface area contributed by atoms with Gasteiger partial charge in [0, 0.05) is 23.7 Å². The molecule has 0 bridgehead atoms. The maximum Gasteiger partial charge on any atom is 0.295 e. The molecule has 0 radical (unpaired) electrons. The summed E-state index contributed by atoms with van der Waals surface area (Å²) in [5, 5.41) is 10.9. The lowest BCUT2D eigenvalue weighted by atomic mass is 9.95. The maximum absolute atomic E-state index is 12.8. The second-order valence-corrected chi connectivity index (χ2v) is 7.18. The summed E-state index contributed by atoms with van der Waals surface area (Å²) in [4.78, 5) is 26.9. The smallest absolute Gasteiger partial charge is 0.295 e. The number of aliphatic hydroxyl groups is 1. The van der Waals surface area contributed by atoms with Crippen molar-refractivity contribution in [2.75, 3.05) is 27.4 Å². The summed E-state index contributed by atoms with van der Waals surface area (Å²) in [6, 6.07) is 13.3. The van der Waals surface area contributed by atoms with Gasteiger partial charge >= 0.3 is 0 Å². The molecule has 1 aliphatic heterocycles. The molecule has 28 heavy (non-hydrogen) atoms. The van der Waals surface area contributed by atoms with E-state index in [1.807, 2.05) is 24.3 Å². The number of methoxy groups -OCH3 is 2. The van der Waals surface area contributed by atoms with Crippen molar-refractivity contribution in [2.45, 2.75) is 6.04 Å². The van der Waals surface area contributed by atoms with Crippen LogP contribution in [0.15, 0.2) is 58.6 Å². The molecule has 1 amide bonds. The van der Waals surface area contributed by atoms with Crippen LogP contribution >= 0.6 is 15.9 Å². The van der Waals surface area contributed by atoms with Gasteiger partial charge in [-0.1, -0.05) is 28.1 Å². The monoisotopic (exact) mass is 445 g/mol. The normalized spacial score (nSPS) is 18.5. The molecule has 1 fully saturated rings. The maximum atomic E-state index is 12.8. The SMILES string of the molecule is COCCN1C(=O)C(=O)C(=C(O)c2ccc(OC)cc2)[C@H]1c1ccc(Br)cc1.